The van der Waals surface area contributed by atoms with Crippen molar-refractivity contribution in [2.45, 2.75) is 109 Å². The lowest BCUT2D eigenvalue weighted by Gasteiger charge is -2.39. The number of nitriles is 1. The van der Waals surface area contributed by atoms with Crippen LogP contribution in [0.3, 0.4) is 0 Å². The molecule has 1 aliphatic heterocycles. The van der Waals surface area contributed by atoms with Crippen LogP contribution in [-0.2, 0) is 41.2 Å². The molecule has 0 radical (unpaired) electrons. The van der Waals surface area contributed by atoms with E-state index in [0.717, 1.165) is 0 Å². The molecule has 9 atom stereocenters. The fourth-order valence-electron chi connectivity index (χ4n) is 6.12. The van der Waals surface area contributed by atoms with Gasteiger partial charge in [0, 0.05) is 35.2 Å². The molecule has 1 unspecified atom stereocenters. The molecule has 0 bridgehead atoms. The average Bonchev–Trinajstić information content (AvgIpc) is 3.82. The molecule has 2 aliphatic rings. The van der Waals surface area contributed by atoms with Crippen molar-refractivity contribution in [3.05, 3.63) is 35.3 Å². The highest BCUT2D eigenvalue weighted by Crippen LogP contribution is 2.54. The van der Waals surface area contributed by atoms with Crippen LogP contribution in [0.25, 0.3) is 11.2 Å². The van der Waals surface area contributed by atoms with Crippen molar-refractivity contribution in [3.8, 4) is 6.07 Å². The van der Waals surface area contributed by atoms with Gasteiger partial charge in [0.2, 0.25) is 11.9 Å². The molecule has 0 spiro atoms. The van der Waals surface area contributed by atoms with Crippen molar-refractivity contribution in [3.63, 3.8) is 0 Å². The first-order valence-electron chi connectivity index (χ1n) is 18.4. The number of ether oxygens (including phenoxy) is 1. The highest BCUT2D eigenvalue weighted by molar-refractivity contribution is 7.48. The molecule has 5 N–H and O–H groups in total. The van der Waals surface area contributed by atoms with Crippen LogP contribution in [0.5, 0.6) is 0 Å². The number of rotatable bonds is 18. The molecule has 3 aromatic heterocycles. The minimum atomic E-state index is -4.53. The molecule has 1 saturated heterocycles. The number of hydrogen-bond donors (Lipinski definition) is 5. The number of anilines is 2. The summed E-state index contributed by atoms with van der Waals surface area (Å²) in [6, 6.07) is 3.39. The molecule has 312 valence electrons. The number of nitrogens with zero attached hydrogens (tertiary/aromatic N) is 6. The topological polar surface area (TPSA) is 284 Å². The Morgan fingerprint density at radius 2 is 2.00 bits per heavy atom. The van der Waals surface area contributed by atoms with Gasteiger partial charge in [0.1, 0.15) is 24.4 Å². The van der Waals surface area contributed by atoms with Gasteiger partial charge in [-0.15, -0.1) is 9.42 Å². The molecule has 1 saturated carbocycles. The van der Waals surface area contributed by atoms with Crippen LogP contribution in [-0.4, -0.2) is 104 Å². The number of imidazole rings is 1. The number of aromatic amines is 1. The zero-order valence-electron chi connectivity index (χ0n) is 32.7. The van der Waals surface area contributed by atoms with Crippen LogP contribution in [0.2, 0.25) is 18.1 Å². The molecule has 1 aliphatic carbocycles. The zero-order chi connectivity index (χ0) is 41.7. The van der Waals surface area contributed by atoms with Gasteiger partial charge in [-0.1, -0.05) is 34.6 Å². The first kappa shape index (κ1) is 44.5. The number of fused-ring (bicyclic) bond motifs is 1. The standard InChI is InChI=1S/C33H49N9O12P2Si/c1-19(2)29(44)40-32-39-28-25(30(45)41-32)37-18-42(28)31-27(52-55(46)47)26(54-57(6,7)33(3,4)5)23(51-31)16-50-56(48,49-12-8-10-34)53-22-14-21(13-20(22)15-43)38-24-9-11-35-17-36-24/h9,11,17-23,26-27,31,43H,8,12-16H2,1-7H3,(H3-,35,36,38,39,40,41,44,45,46,47)/p+1/t20-,21-,22+,23-,26-,27-,31-,56+/m1/s1. The third-order valence-corrected chi connectivity index (χ3v) is 16.5. The van der Waals surface area contributed by atoms with Crippen molar-refractivity contribution < 1.29 is 51.2 Å². The first-order valence-corrected chi connectivity index (χ1v) is 23.9. The number of aromatic nitrogens is 6. The van der Waals surface area contributed by atoms with Gasteiger partial charge in [-0.25, -0.2) is 19.5 Å². The van der Waals surface area contributed by atoms with Gasteiger partial charge in [0.15, 0.2) is 31.8 Å². The Hall–Kier alpha value is -3.58. The molecule has 5 rings (SSSR count). The summed E-state index contributed by atoms with van der Waals surface area (Å²) in [4.78, 5) is 54.8. The Morgan fingerprint density at radius 3 is 2.63 bits per heavy atom. The second-order valence-corrected chi connectivity index (χ2v) is 22.6. The largest absolute Gasteiger partial charge is 0.695 e. The van der Waals surface area contributed by atoms with E-state index in [4.69, 9.17) is 27.3 Å². The molecule has 2 fully saturated rings. The lowest BCUT2D eigenvalue weighted by molar-refractivity contribution is -0.118. The number of phosphoric acid groups is 1. The average molecular weight is 855 g/mol. The van der Waals surface area contributed by atoms with E-state index in [1.165, 1.54) is 17.2 Å². The maximum absolute atomic E-state index is 14.4. The summed E-state index contributed by atoms with van der Waals surface area (Å²) < 4.78 is 64.6. The van der Waals surface area contributed by atoms with Gasteiger partial charge < -0.3 is 19.6 Å². The summed E-state index contributed by atoms with van der Waals surface area (Å²) in [5.41, 5.74) is -0.848. The van der Waals surface area contributed by atoms with E-state index in [9.17, 15) is 34.0 Å². The molecular weight excluding hydrogens is 804 g/mol. The van der Waals surface area contributed by atoms with Gasteiger partial charge in [0.05, 0.1) is 38.1 Å². The number of aliphatic hydroxyl groups excluding tert-OH is 1. The number of nitrogens with one attached hydrogen (secondary N) is 3. The number of phosphoric ester groups is 1. The Balaban J connectivity index is 1.48. The van der Waals surface area contributed by atoms with Crippen molar-refractivity contribution in [1.82, 2.24) is 29.5 Å². The lowest BCUT2D eigenvalue weighted by Crippen LogP contribution is -2.50. The zero-order valence-corrected chi connectivity index (χ0v) is 35.5. The van der Waals surface area contributed by atoms with Crippen LogP contribution < -0.4 is 16.2 Å². The molecule has 4 heterocycles. The van der Waals surface area contributed by atoms with E-state index >= 15 is 0 Å². The molecule has 24 heteroatoms. The maximum atomic E-state index is 14.4. The molecule has 1 amide bonds. The Bertz CT molecular complexity index is 2030. The van der Waals surface area contributed by atoms with Crippen molar-refractivity contribution in [2.75, 3.05) is 30.5 Å². The number of hydrogen-bond acceptors (Lipinski definition) is 17. The third-order valence-electron chi connectivity index (χ3n) is 10.1. The quantitative estimate of drug-likeness (QED) is 0.0682. The minimum absolute atomic E-state index is 0.0486. The predicted molar refractivity (Wildman–Crippen MR) is 206 cm³/mol. The SMILES string of the molecule is CC(C)C(=O)Nc1nc2c(ncn2[C@@H]2O[C@H](CO[P@](=O)(OCCC#N)O[C@H]3C[C@H](Nc4ccncn4)C[C@@H]3CO)[C@@H](O[Si](C)(C)C(C)(C)C)[C@H]2O[P+](=O)O)c(=O)[nH]1. The lowest BCUT2D eigenvalue weighted by atomic mass is 10.1. The van der Waals surface area contributed by atoms with Gasteiger partial charge in [0.25, 0.3) is 5.56 Å². The Labute approximate surface area is 330 Å². The number of carbonyl (C=O) groups excluding carboxylic acids is 1. The monoisotopic (exact) mass is 854 g/mol. The van der Waals surface area contributed by atoms with Gasteiger partial charge >= 0.3 is 16.1 Å². The smallest absolute Gasteiger partial charge is 0.408 e. The Morgan fingerprint density at radius 1 is 1.25 bits per heavy atom. The van der Waals surface area contributed by atoms with Gasteiger partial charge in [-0.3, -0.25) is 38.0 Å². The number of H-pyrrole nitrogens is 1. The third kappa shape index (κ3) is 10.9. The highest BCUT2D eigenvalue weighted by Gasteiger charge is 2.56. The summed E-state index contributed by atoms with van der Waals surface area (Å²) in [6.07, 6.45) is -1.00. The van der Waals surface area contributed by atoms with E-state index < -0.39 is 84.9 Å². The van der Waals surface area contributed by atoms with Gasteiger partial charge in [-0.2, -0.15) is 10.2 Å². The Kier molecular flexibility index (Phi) is 14.5. The van der Waals surface area contributed by atoms with Crippen LogP contribution in [0.4, 0.5) is 11.8 Å². The van der Waals surface area contributed by atoms with Crippen LogP contribution >= 0.6 is 16.1 Å². The fraction of sp³-hybridized carbons (Fsp3) is 0.667. The van der Waals surface area contributed by atoms with E-state index in [2.05, 4.69) is 35.6 Å². The first-order chi connectivity index (χ1) is 26.8. The summed E-state index contributed by atoms with van der Waals surface area (Å²) >= 11 is 0. The van der Waals surface area contributed by atoms with E-state index in [-0.39, 0.29) is 47.8 Å². The maximum Gasteiger partial charge on any atom is 0.695 e. The minimum Gasteiger partial charge on any atom is -0.408 e. The van der Waals surface area contributed by atoms with E-state index in [1.54, 1.807) is 26.1 Å². The summed E-state index contributed by atoms with van der Waals surface area (Å²) in [7, 11) is -10.5. The normalized spacial score (nSPS) is 25.4. The molecule has 0 aromatic carbocycles. The van der Waals surface area contributed by atoms with Crippen molar-refractivity contribution >= 4 is 53.2 Å². The highest BCUT2D eigenvalue weighted by atomic mass is 31.2. The summed E-state index contributed by atoms with van der Waals surface area (Å²) in [5.74, 6) is -0.928. The second-order valence-electron chi connectivity index (χ2n) is 15.6. The van der Waals surface area contributed by atoms with Crippen molar-refractivity contribution in [2.24, 2.45) is 11.8 Å². The van der Waals surface area contributed by atoms with Crippen LogP contribution in [0.1, 0.15) is 60.1 Å². The number of amides is 1. The van der Waals surface area contributed by atoms with E-state index in [1.807, 2.05) is 39.9 Å². The fourth-order valence-corrected chi connectivity index (χ4v) is 9.30. The molecular formula is C33H50N9O12P2Si+. The molecule has 57 heavy (non-hydrogen) atoms. The molecule has 3 aromatic rings. The van der Waals surface area contributed by atoms with Crippen LogP contribution in [0.15, 0.2) is 29.7 Å². The number of aliphatic hydroxyl groups is 1. The summed E-state index contributed by atoms with van der Waals surface area (Å²) in [6.45, 7) is 12.1. The van der Waals surface area contributed by atoms with Crippen LogP contribution in [0, 0.1) is 23.2 Å². The predicted octanol–water partition coefficient (Wildman–Crippen LogP) is 4.15. The molecule has 21 nitrogen and oxygen atoms in total. The van der Waals surface area contributed by atoms with Crippen molar-refractivity contribution in [1.29, 1.82) is 5.26 Å². The van der Waals surface area contributed by atoms with Gasteiger partial charge in [-0.05, 0) is 37.0 Å². The van der Waals surface area contributed by atoms with E-state index in [0.29, 0.717) is 18.7 Å². The number of carbonyl (C=O) groups is 1. The second kappa shape index (κ2) is 18.6. The summed E-state index contributed by atoms with van der Waals surface area (Å²) in [5, 5.41) is 24.9.